The van der Waals surface area contributed by atoms with Crippen LogP contribution in [0, 0.1) is 0 Å². The van der Waals surface area contributed by atoms with E-state index in [0.29, 0.717) is 57.2 Å². The second-order valence-electron chi connectivity index (χ2n) is 9.08. The highest BCUT2D eigenvalue weighted by atomic mass is 19.1. The second kappa shape index (κ2) is 10.3. The van der Waals surface area contributed by atoms with E-state index in [9.17, 15) is 14.0 Å². The van der Waals surface area contributed by atoms with Crippen molar-refractivity contribution in [3.63, 3.8) is 0 Å². The maximum Gasteiger partial charge on any atom is 0.413 e. The van der Waals surface area contributed by atoms with Crippen LogP contribution in [0.1, 0.15) is 40.0 Å². The standard InChI is InChI=1S/C21H33FN6O4/c1-21(2,3)32-20(30)27-10-6-14(7-11-27)31-19(29)26-17-5-9-24-18(25-17)28-12-8-15(22)16(13-28)23-4/h5,9,14-16,23H,6-8,10-13H2,1-4H3,(H,24,25,26,29)/t15-,16+/m1/s1. The number of hydrogen-bond donors (Lipinski definition) is 2. The zero-order valence-electron chi connectivity index (χ0n) is 19.1. The molecule has 0 bridgehead atoms. The van der Waals surface area contributed by atoms with E-state index in [4.69, 9.17) is 9.47 Å². The zero-order valence-corrected chi connectivity index (χ0v) is 19.1. The summed E-state index contributed by atoms with van der Waals surface area (Å²) >= 11 is 0. The fraction of sp³-hybridized carbons (Fsp3) is 0.714. The topological polar surface area (TPSA) is 109 Å². The van der Waals surface area contributed by atoms with Gasteiger partial charge >= 0.3 is 12.2 Å². The lowest BCUT2D eigenvalue weighted by atomic mass is 10.0. The average molecular weight is 453 g/mol. The normalized spacial score (nSPS) is 22.4. The second-order valence-corrected chi connectivity index (χ2v) is 9.08. The fourth-order valence-electron chi connectivity index (χ4n) is 3.72. The smallest absolute Gasteiger partial charge is 0.413 e. The molecule has 0 aromatic carbocycles. The van der Waals surface area contributed by atoms with Crippen molar-refractivity contribution in [3.05, 3.63) is 12.3 Å². The van der Waals surface area contributed by atoms with Gasteiger partial charge in [-0.1, -0.05) is 0 Å². The molecule has 2 aliphatic rings. The van der Waals surface area contributed by atoms with Gasteiger partial charge in [-0.2, -0.15) is 4.98 Å². The van der Waals surface area contributed by atoms with Gasteiger partial charge in [0.05, 0.1) is 6.04 Å². The van der Waals surface area contributed by atoms with Gasteiger partial charge in [0.1, 0.15) is 23.7 Å². The number of rotatable bonds is 4. The van der Waals surface area contributed by atoms with Crippen LogP contribution in [0.3, 0.4) is 0 Å². The summed E-state index contributed by atoms with van der Waals surface area (Å²) in [5.74, 6) is 0.746. The zero-order chi connectivity index (χ0) is 23.3. The summed E-state index contributed by atoms with van der Waals surface area (Å²) in [6, 6.07) is 1.29. The van der Waals surface area contributed by atoms with Crippen molar-refractivity contribution in [1.82, 2.24) is 20.2 Å². The van der Waals surface area contributed by atoms with Gasteiger partial charge in [-0.05, 0) is 40.3 Å². The number of nitrogens with zero attached hydrogens (tertiary/aromatic N) is 4. The number of amides is 2. The number of likely N-dealkylation sites (N-methyl/N-ethyl adjacent to an activating group) is 1. The Balaban J connectivity index is 1.48. The van der Waals surface area contributed by atoms with E-state index >= 15 is 0 Å². The highest BCUT2D eigenvalue weighted by molar-refractivity contribution is 5.83. The third kappa shape index (κ3) is 6.65. The molecule has 3 rings (SSSR count). The van der Waals surface area contributed by atoms with E-state index in [-0.39, 0.29) is 18.2 Å². The van der Waals surface area contributed by atoms with Gasteiger partial charge in [-0.25, -0.2) is 19.0 Å². The highest BCUT2D eigenvalue weighted by Gasteiger charge is 2.30. The van der Waals surface area contributed by atoms with Crippen LogP contribution >= 0.6 is 0 Å². The van der Waals surface area contributed by atoms with Crippen molar-refractivity contribution in [2.24, 2.45) is 0 Å². The molecule has 3 heterocycles. The number of hydrogen-bond acceptors (Lipinski definition) is 8. The first kappa shape index (κ1) is 24.0. The van der Waals surface area contributed by atoms with Crippen LogP contribution in [0.5, 0.6) is 0 Å². The minimum atomic E-state index is -0.908. The number of alkyl halides is 1. The summed E-state index contributed by atoms with van der Waals surface area (Å²) in [7, 11) is 1.73. The van der Waals surface area contributed by atoms with Gasteiger partial charge in [-0.15, -0.1) is 0 Å². The van der Waals surface area contributed by atoms with Gasteiger partial charge in [0.15, 0.2) is 0 Å². The van der Waals surface area contributed by atoms with Crippen LogP contribution in [0.4, 0.5) is 25.7 Å². The van der Waals surface area contributed by atoms with Crippen molar-refractivity contribution in [1.29, 1.82) is 0 Å². The minimum Gasteiger partial charge on any atom is -0.446 e. The molecule has 10 nitrogen and oxygen atoms in total. The summed E-state index contributed by atoms with van der Waals surface area (Å²) in [6.45, 7) is 7.35. The van der Waals surface area contributed by atoms with E-state index in [1.807, 2.05) is 25.7 Å². The predicted octanol–water partition coefficient (Wildman–Crippen LogP) is 2.56. The van der Waals surface area contributed by atoms with Crippen molar-refractivity contribution < 1.29 is 23.5 Å². The molecule has 2 atom stereocenters. The first-order valence-corrected chi connectivity index (χ1v) is 11.0. The molecule has 0 unspecified atom stereocenters. The minimum absolute atomic E-state index is 0.291. The number of ether oxygens (including phenoxy) is 2. The molecule has 2 N–H and O–H groups in total. The Morgan fingerprint density at radius 3 is 2.56 bits per heavy atom. The lowest BCUT2D eigenvalue weighted by Crippen LogP contribution is -2.51. The van der Waals surface area contributed by atoms with Gasteiger partial charge in [0.25, 0.3) is 0 Å². The number of piperidine rings is 2. The van der Waals surface area contributed by atoms with Gasteiger partial charge in [0.2, 0.25) is 5.95 Å². The van der Waals surface area contributed by atoms with Gasteiger partial charge in [0, 0.05) is 45.2 Å². The Bertz CT molecular complexity index is 797. The number of anilines is 2. The summed E-state index contributed by atoms with van der Waals surface area (Å²) < 4.78 is 24.8. The van der Waals surface area contributed by atoms with E-state index in [1.165, 1.54) is 0 Å². The highest BCUT2D eigenvalue weighted by Crippen LogP contribution is 2.21. The van der Waals surface area contributed by atoms with Crippen LogP contribution < -0.4 is 15.5 Å². The van der Waals surface area contributed by atoms with E-state index in [1.54, 1.807) is 24.2 Å². The largest absolute Gasteiger partial charge is 0.446 e. The quantitative estimate of drug-likeness (QED) is 0.718. The van der Waals surface area contributed by atoms with Crippen molar-refractivity contribution in [2.75, 3.05) is 43.4 Å². The maximum absolute atomic E-state index is 13.9. The Kier molecular flexibility index (Phi) is 7.70. The number of halogens is 1. The predicted molar refractivity (Wildman–Crippen MR) is 118 cm³/mol. The number of aromatic nitrogens is 2. The lowest BCUT2D eigenvalue weighted by Gasteiger charge is -2.34. The van der Waals surface area contributed by atoms with Crippen LogP contribution in [0.2, 0.25) is 0 Å². The van der Waals surface area contributed by atoms with Crippen LogP contribution in [-0.2, 0) is 9.47 Å². The first-order valence-electron chi connectivity index (χ1n) is 11.0. The summed E-state index contributed by atoms with van der Waals surface area (Å²) in [5, 5.41) is 5.61. The SMILES string of the molecule is CN[C@H]1CN(c2nccc(NC(=O)OC3CCN(C(=O)OC(C)(C)C)CC3)n2)CC[C@H]1F. The molecule has 1 aromatic heterocycles. The van der Waals surface area contributed by atoms with E-state index < -0.39 is 17.9 Å². The average Bonchev–Trinajstić information content (AvgIpc) is 2.73. The number of likely N-dealkylation sites (tertiary alicyclic amines) is 1. The van der Waals surface area contributed by atoms with Crippen LogP contribution in [-0.4, -0.2) is 84.2 Å². The van der Waals surface area contributed by atoms with Crippen molar-refractivity contribution >= 4 is 24.0 Å². The molecule has 2 fully saturated rings. The Labute approximate surface area is 187 Å². The molecule has 0 saturated carbocycles. The Hall–Kier alpha value is -2.69. The summed E-state index contributed by atoms with van der Waals surface area (Å²) in [6.07, 6.45) is 0.830. The third-order valence-corrected chi connectivity index (χ3v) is 5.42. The molecule has 1 aromatic rings. The summed E-state index contributed by atoms with van der Waals surface area (Å²) in [5.41, 5.74) is -0.545. The van der Waals surface area contributed by atoms with Crippen molar-refractivity contribution in [2.45, 2.75) is 64.0 Å². The molecule has 0 aliphatic carbocycles. The molecule has 0 radical (unpaired) electrons. The third-order valence-electron chi connectivity index (χ3n) is 5.42. The Morgan fingerprint density at radius 2 is 1.91 bits per heavy atom. The Morgan fingerprint density at radius 1 is 1.19 bits per heavy atom. The lowest BCUT2D eigenvalue weighted by molar-refractivity contribution is 0.00793. The van der Waals surface area contributed by atoms with Gasteiger partial charge < -0.3 is 24.6 Å². The fourth-order valence-corrected chi connectivity index (χ4v) is 3.72. The molecule has 178 valence electrons. The molecule has 2 amide bonds. The first-order chi connectivity index (χ1) is 15.1. The molecule has 2 aliphatic heterocycles. The number of carbonyl (C=O) groups is 2. The molecule has 32 heavy (non-hydrogen) atoms. The van der Waals surface area contributed by atoms with Crippen molar-refractivity contribution in [3.8, 4) is 0 Å². The van der Waals surface area contributed by atoms with E-state index in [0.717, 1.165) is 0 Å². The maximum atomic E-state index is 13.9. The number of carbonyl (C=O) groups excluding carboxylic acids is 2. The van der Waals surface area contributed by atoms with Crippen LogP contribution in [0.25, 0.3) is 0 Å². The van der Waals surface area contributed by atoms with E-state index in [2.05, 4.69) is 20.6 Å². The number of nitrogens with one attached hydrogen (secondary N) is 2. The monoisotopic (exact) mass is 452 g/mol. The molecular weight excluding hydrogens is 419 g/mol. The molecule has 11 heteroatoms. The van der Waals surface area contributed by atoms with Crippen LogP contribution in [0.15, 0.2) is 12.3 Å². The molecule has 0 spiro atoms. The van der Waals surface area contributed by atoms with Gasteiger partial charge in [-0.3, -0.25) is 5.32 Å². The molecular formula is C21H33FN6O4. The molecule has 2 saturated heterocycles. The summed E-state index contributed by atoms with van der Waals surface area (Å²) in [4.78, 5) is 36.6.